The van der Waals surface area contributed by atoms with Gasteiger partial charge in [0.1, 0.15) is 11.0 Å². The number of nitrogens with one attached hydrogen (secondary N) is 1. The third kappa shape index (κ3) is 2.59. The number of benzene rings is 1. The van der Waals surface area contributed by atoms with Crippen LogP contribution in [0.3, 0.4) is 0 Å². The molecule has 2 rings (SSSR count). The first-order valence-corrected chi connectivity index (χ1v) is 7.08. The lowest BCUT2D eigenvalue weighted by Gasteiger charge is -2.25. The Kier molecular flexibility index (Phi) is 3.49. The quantitative estimate of drug-likeness (QED) is 0.885. The molecular weight excluding hydrogens is 248 g/mol. The largest absolute Gasteiger partial charge is 0.251 e. The van der Waals surface area contributed by atoms with Gasteiger partial charge in [-0.1, -0.05) is 13.0 Å². The normalized spacial score (nSPS) is 15.8. The number of hydrogen-bond acceptors (Lipinski definition) is 3. The van der Waals surface area contributed by atoms with Crippen molar-refractivity contribution in [2.24, 2.45) is 5.14 Å². The molecule has 98 valence electrons. The number of aromatic nitrogens is 3. The molecule has 0 saturated heterocycles. The average Bonchev–Trinajstić information content (AvgIpc) is 2.74. The summed E-state index contributed by atoms with van der Waals surface area (Å²) < 4.78 is 11.1. The number of rotatable bonds is 4. The van der Waals surface area contributed by atoms with E-state index in [9.17, 15) is 4.21 Å². The number of H-pyrrole nitrogens is 1. The minimum Gasteiger partial charge on any atom is -0.251 e. The molecule has 1 heterocycles. The summed E-state index contributed by atoms with van der Waals surface area (Å²) in [5, 5.41) is 16.2. The smallest absolute Gasteiger partial charge is 0.113 e. The molecule has 0 bridgehead atoms. The van der Waals surface area contributed by atoms with Crippen LogP contribution in [0.15, 0.2) is 18.2 Å². The molecular formula is C12H18N4OS. The van der Waals surface area contributed by atoms with Crippen LogP contribution in [-0.2, 0) is 11.0 Å². The SMILES string of the molecule is C[C@H](CC(C)(C)S(N)=O)c1ccc2n[nH]nc2c1. The van der Waals surface area contributed by atoms with E-state index in [1.807, 2.05) is 32.0 Å². The van der Waals surface area contributed by atoms with Crippen LogP contribution >= 0.6 is 0 Å². The molecule has 0 spiro atoms. The van der Waals surface area contributed by atoms with Gasteiger partial charge in [-0.3, -0.25) is 5.14 Å². The summed E-state index contributed by atoms with van der Waals surface area (Å²) in [6.45, 7) is 5.96. The van der Waals surface area contributed by atoms with E-state index in [2.05, 4.69) is 22.3 Å². The number of nitrogens with zero attached hydrogens (tertiary/aromatic N) is 2. The number of nitrogens with two attached hydrogens (primary N) is 1. The van der Waals surface area contributed by atoms with Gasteiger partial charge in [0.25, 0.3) is 0 Å². The monoisotopic (exact) mass is 266 g/mol. The average molecular weight is 266 g/mol. The summed E-state index contributed by atoms with van der Waals surface area (Å²) in [4.78, 5) is 0. The van der Waals surface area contributed by atoms with Crippen LogP contribution in [-0.4, -0.2) is 24.4 Å². The Labute approximate surface area is 109 Å². The van der Waals surface area contributed by atoms with E-state index in [1.165, 1.54) is 0 Å². The molecule has 0 fully saturated rings. The van der Waals surface area contributed by atoms with Crippen LogP contribution in [0, 0.1) is 0 Å². The van der Waals surface area contributed by atoms with E-state index in [-0.39, 0.29) is 5.92 Å². The van der Waals surface area contributed by atoms with E-state index in [0.717, 1.165) is 23.0 Å². The molecule has 5 nitrogen and oxygen atoms in total. The van der Waals surface area contributed by atoms with Gasteiger partial charge in [-0.2, -0.15) is 15.4 Å². The summed E-state index contributed by atoms with van der Waals surface area (Å²) >= 11 is 0. The van der Waals surface area contributed by atoms with Gasteiger partial charge < -0.3 is 0 Å². The van der Waals surface area contributed by atoms with Crippen molar-refractivity contribution in [2.75, 3.05) is 0 Å². The maximum absolute atomic E-state index is 11.5. The molecule has 2 aromatic rings. The van der Waals surface area contributed by atoms with Crippen molar-refractivity contribution in [3.63, 3.8) is 0 Å². The first kappa shape index (κ1) is 13.2. The van der Waals surface area contributed by atoms with Gasteiger partial charge in [0, 0.05) is 0 Å². The van der Waals surface area contributed by atoms with Gasteiger partial charge in [0.05, 0.1) is 15.7 Å². The van der Waals surface area contributed by atoms with E-state index in [0.29, 0.717) is 0 Å². The molecule has 0 aliphatic rings. The summed E-state index contributed by atoms with van der Waals surface area (Å²) in [7, 11) is -1.32. The first-order valence-electron chi connectivity index (χ1n) is 5.87. The zero-order valence-electron chi connectivity index (χ0n) is 10.8. The molecule has 2 atom stereocenters. The minimum absolute atomic E-state index is 0.272. The second-order valence-electron chi connectivity index (χ2n) is 5.23. The zero-order chi connectivity index (χ0) is 13.3. The van der Waals surface area contributed by atoms with Crippen LogP contribution in [0.5, 0.6) is 0 Å². The third-order valence-electron chi connectivity index (χ3n) is 3.25. The minimum atomic E-state index is -1.32. The van der Waals surface area contributed by atoms with Gasteiger partial charge in [0.2, 0.25) is 0 Å². The van der Waals surface area contributed by atoms with E-state index >= 15 is 0 Å². The van der Waals surface area contributed by atoms with Crippen molar-refractivity contribution in [1.29, 1.82) is 0 Å². The third-order valence-corrected chi connectivity index (χ3v) is 4.51. The summed E-state index contributed by atoms with van der Waals surface area (Å²) in [5.74, 6) is 0.272. The van der Waals surface area contributed by atoms with Gasteiger partial charge in [-0.25, -0.2) is 4.21 Å². The number of fused-ring (bicyclic) bond motifs is 1. The molecule has 0 radical (unpaired) electrons. The fraction of sp³-hybridized carbons (Fsp3) is 0.500. The molecule has 0 aliphatic heterocycles. The number of hydrogen-bond donors (Lipinski definition) is 2. The highest BCUT2D eigenvalue weighted by molar-refractivity contribution is 7.84. The van der Waals surface area contributed by atoms with Crippen molar-refractivity contribution >= 4 is 22.0 Å². The predicted octanol–water partition coefficient (Wildman–Crippen LogP) is 1.85. The van der Waals surface area contributed by atoms with Gasteiger partial charge >= 0.3 is 0 Å². The number of aromatic amines is 1. The van der Waals surface area contributed by atoms with E-state index in [1.54, 1.807) is 0 Å². The highest BCUT2D eigenvalue weighted by Gasteiger charge is 2.26. The molecule has 6 heteroatoms. The Morgan fingerprint density at radius 3 is 2.72 bits per heavy atom. The molecule has 1 aromatic carbocycles. The molecule has 1 unspecified atom stereocenters. The first-order chi connectivity index (χ1) is 8.40. The Bertz CT molecular complexity index is 578. The van der Waals surface area contributed by atoms with E-state index in [4.69, 9.17) is 5.14 Å². The lowest BCUT2D eigenvalue weighted by molar-refractivity contribution is 0.541. The van der Waals surface area contributed by atoms with Crippen LogP contribution < -0.4 is 5.14 Å². The molecule has 3 N–H and O–H groups in total. The molecule has 0 aliphatic carbocycles. The topological polar surface area (TPSA) is 84.7 Å². The van der Waals surface area contributed by atoms with Crippen LogP contribution in [0.2, 0.25) is 0 Å². The van der Waals surface area contributed by atoms with Crippen molar-refractivity contribution in [2.45, 2.75) is 37.9 Å². The predicted molar refractivity (Wildman–Crippen MR) is 73.3 cm³/mol. The zero-order valence-corrected chi connectivity index (χ0v) is 11.6. The highest BCUT2D eigenvalue weighted by atomic mass is 32.2. The van der Waals surface area contributed by atoms with Crippen molar-refractivity contribution in [3.8, 4) is 0 Å². The molecule has 1 aromatic heterocycles. The lowest BCUT2D eigenvalue weighted by Crippen LogP contribution is -2.33. The fourth-order valence-corrected chi connectivity index (χ4v) is 2.52. The van der Waals surface area contributed by atoms with Crippen molar-refractivity contribution in [1.82, 2.24) is 15.4 Å². The highest BCUT2D eigenvalue weighted by Crippen LogP contribution is 2.29. The van der Waals surface area contributed by atoms with Gasteiger partial charge in [-0.05, 0) is 43.9 Å². The van der Waals surface area contributed by atoms with E-state index < -0.39 is 15.7 Å². The van der Waals surface area contributed by atoms with Crippen molar-refractivity contribution in [3.05, 3.63) is 23.8 Å². The van der Waals surface area contributed by atoms with Crippen molar-refractivity contribution < 1.29 is 4.21 Å². The Balaban J connectivity index is 2.22. The van der Waals surface area contributed by atoms with Gasteiger partial charge in [0.15, 0.2) is 0 Å². The maximum Gasteiger partial charge on any atom is 0.113 e. The molecule has 0 amide bonds. The maximum atomic E-state index is 11.5. The van der Waals surface area contributed by atoms with Crippen LogP contribution in [0.25, 0.3) is 11.0 Å². The van der Waals surface area contributed by atoms with Gasteiger partial charge in [-0.15, -0.1) is 0 Å². The lowest BCUT2D eigenvalue weighted by atomic mass is 9.91. The Hall–Kier alpha value is -1.27. The van der Waals surface area contributed by atoms with Crippen LogP contribution in [0.1, 0.15) is 38.7 Å². The second kappa shape index (κ2) is 4.78. The Morgan fingerprint density at radius 2 is 2.06 bits per heavy atom. The summed E-state index contributed by atoms with van der Waals surface area (Å²) in [5.41, 5.74) is 2.87. The molecule has 0 saturated carbocycles. The standard InChI is InChI=1S/C12H18N4OS/c1-8(7-12(2,3)18(13)17)9-4-5-10-11(6-9)15-16-14-10/h4-6,8H,7,13H2,1-3H3,(H,14,15,16)/t8-,18?/m1/s1. The summed E-state index contributed by atoms with van der Waals surface area (Å²) in [6, 6.07) is 5.99. The van der Waals surface area contributed by atoms with Crippen LogP contribution in [0.4, 0.5) is 0 Å². The molecule has 18 heavy (non-hydrogen) atoms. The second-order valence-corrected chi connectivity index (χ2v) is 6.93. The fourth-order valence-electron chi connectivity index (χ4n) is 2.10. The Morgan fingerprint density at radius 1 is 1.39 bits per heavy atom. The summed E-state index contributed by atoms with van der Waals surface area (Å²) in [6.07, 6.45) is 0.763.